The molecule has 1 saturated heterocycles. The highest BCUT2D eigenvalue weighted by atomic mass is 16.5. The summed E-state index contributed by atoms with van der Waals surface area (Å²) in [6, 6.07) is 0. The van der Waals surface area contributed by atoms with Gasteiger partial charge in [-0.05, 0) is 26.3 Å². The zero-order valence-corrected chi connectivity index (χ0v) is 9.79. The van der Waals surface area contributed by atoms with Crippen LogP contribution in [0, 0.1) is 0 Å². The molecular formula is C11H23NO3. The van der Waals surface area contributed by atoms with Gasteiger partial charge in [0.25, 0.3) is 0 Å². The van der Waals surface area contributed by atoms with E-state index in [0.29, 0.717) is 12.7 Å². The number of likely N-dealkylation sites (N-methyl/N-ethyl adjacent to an activating group) is 1. The second kappa shape index (κ2) is 6.43. The number of hydrogen-bond donors (Lipinski definition) is 2. The number of nitrogens with one attached hydrogen (secondary N) is 1. The Bertz CT molecular complexity index is 171. The Morgan fingerprint density at radius 1 is 1.47 bits per heavy atom. The predicted octanol–water partition coefficient (Wildman–Crippen LogP) is 0.542. The van der Waals surface area contributed by atoms with Gasteiger partial charge >= 0.3 is 0 Å². The lowest BCUT2D eigenvalue weighted by atomic mass is 10.1. The van der Waals surface area contributed by atoms with Gasteiger partial charge in [-0.1, -0.05) is 6.92 Å². The van der Waals surface area contributed by atoms with Crippen LogP contribution in [0.4, 0.5) is 0 Å². The zero-order valence-electron chi connectivity index (χ0n) is 9.79. The molecule has 2 N–H and O–H groups in total. The van der Waals surface area contributed by atoms with Crippen LogP contribution >= 0.6 is 0 Å². The summed E-state index contributed by atoms with van der Waals surface area (Å²) < 4.78 is 11.0. The van der Waals surface area contributed by atoms with Gasteiger partial charge in [-0.25, -0.2) is 0 Å². The average Bonchev–Trinajstić information content (AvgIpc) is 2.28. The quantitative estimate of drug-likeness (QED) is 0.682. The molecule has 1 heterocycles. The lowest BCUT2D eigenvalue weighted by Crippen LogP contribution is -2.50. The molecule has 0 bridgehead atoms. The number of ether oxygens (including phenoxy) is 2. The van der Waals surface area contributed by atoms with Crippen molar-refractivity contribution < 1.29 is 14.6 Å². The molecule has 0 aromatic rings. The third kappa shape index (κ3) is 4.47. The molecule has 0 spiro atoms. The molecule has 0 radical (unpaired) electrons. The summed E-state index contributed by atoms with van der Waals surface area (Å²) in [5, 5.41) is 12.5. The summed E-state index contributed by atoms with van der Waals surface area (Å²) >= 11 is 0. The predicted molar refractivity (Wildman–Crippen MR) is 59.0 cm³/mol. The van der Waals surface area contributed by atoms with Crippen LogP contribution in [-0.4, -0.2) is 49.7 Å². The van der Waals surface area contributed by atoms with E-state index in [2.05, 4.69) is 5.32 Å². The lowest BCUT2D eigenvalue weighted by molar-refractivity contribution is -0.0561. The third-order valence-corrected chi connectivity index (χ3v) is 2.76. The van der Waals surface area contributed by atoms with E-state index >= 15 is 0 Å². The molecule has 1 aliphatic rings. The number of hydrogen-bond acceptors (Lipinski definition) is 4. The average molecular weight is 217 g/mol. The monoisotopic (exact) mass is 217 g/mol. The van der Waals surface area contributed by atoms with Gasteiger partial charge in [0.1, 0.15) is 0 Å². The molecular weight excluding hydrogens is 194 g/mol. The van der Waals surface area contributed by atoms with E-state index in [4.69, 9.17) is 9.47 Å². The van der Waals surface area contributed by atoms with Crippen molar-refractivity contribution in [2.75, 3.05) is 33.0 Å². The van der Waals surface area contributed by atoms with E-state index in [9.17, 15) is 5.11 Å². The van der Waals surface area contributed by atoms with Crippen molar-refractivity contribution in [3.8, 4) is 0 Å². The molecule has 0 aromatic carbocycles. The molecule has 0 amide bonds. The minimum Gasteiger partial charge on any atom is -0.394 e. The van der Waals surface area contributed by atoms with Crippen molar-refractivity contribution in [1.29, 1.82) is 0 Å². The van der Waals surface area contributed by atoms with E-state index < -0.39 is 0 Å². The van der Waals surface area contributed by atoms with Crippen molar-refractivity contribution in [1.82, 2.24) is 5.32 Å². The third-order valence-electron chi connectivity index (χ3n) is 2.76. The number of aliphatic hydroxyl groups is 1. The zero-order chi connectivity index (χ0) is 11.1. The van der Waals surface area contributed by atoms with Crippen molar-refractivity contribution >= 4 is 0 Å². The largest absolute Gasteiger partial charge is 0.394 e. The van der Waals surface area contributed by atoms with Crippen LogP contribution in [0.15, 0.2) is 0 Å². The first-order valence-corrected chi connectivity index (χ1v) is 5.75. The van der Waals surface area contributed by atoms with Gasteiger partial charge < -0.3 is 19.9 Å². The van der Waals surface area contributed by atoms with Gasteiger partial charge in [-0.3, -0.25) is 0 Å². The molecule has 15 heavy (non-hydrogen) atoms. The van der Waals surface area contributed by atoms with Crippen molar-refractivity contribution in [2.45, 2.75) is 38.3 Å². The number of rotatable bonds is 6. The minimum atomic E-state index is -0.312. The first-order chi connectivity index (χ1) is 7.20. The first kappa shape index (κ1) is 12.9. The number of aliphatic hydroxyl groups excluding tert-OH is 1. The fraction of sp³-hybridized carbons (Fsp3) is 1.00. The Balaban J connectivity index is 2.25. The van der Waals surface area contributed by atoms with Crippen molar-refractivity contribution in [3.63, 3.8) is 0 Å². The van der Waals surface area contributed by atoms with Crippen LogP contribution < -0.4 is 5.32 Å². The Morgan fingerprint density at radius 2 is 2.13 bits per heavy atom. The van der Waals surface area contributed by atoms with Crippen molar-refractivity contribution in [3.05, 3.63) is 0 Å². The van der Waals surface area contributed by atoms with Crippen LogP contribution in [0.5, 0.6) is 0 Å². The molecule has 4 nitrogen and oxygen atoms in total. The molecule has 1 unspecified atom stereocenters. The summed E-state index contributed by atoms with van der Waals surface area (Å²) in [5.74, 6) is 0. The van der Waals surface area contributed by atoms with Crippen LogP contribution in [0.25, 0.3) is 0 Å². The van der Waals surface area contributed by atoms with Gasteiger partial charge in [0.2, 0.25) is 0 Å². The van der Waals surface area contributed by atoms with Crippen LogP contribution in [0.3, 0.4) is 0 Å². The highest BCUT2D eigenvalue weighted by Crippen LogP contribution is 2.13. The van der Waals surface area contributed by atoms with Crippen LogP contribution in [-0.2, 0) is 9.47 Å². The fourth-order valence-electron chi connectivity index (χ4n) is 1.72. The van der Waals surface area contributed by atoms with E-state index in [-0.39, 0.29) is 12.1 Å². The smallest absolute Gasteiger partial charge is 0.0671 e. The molecule has 1 fully saturated rings. The Hall–Kier alpha value is -0.160. The molecule has 1 aliphatic heterocycles. The molecule has 0 aromatic heterocycles. The van der Waals surface area contributed by atoms with E-state index in [0.717, 1.165) is 32.6 Å². The van der Waals surface area contributed by atoms with Crippen LogP contribution in [0.1, 0.15) is 26.7 Å². The Labute approximate surface area is 92.0 Å². The Morgan fingerprint density at radius 3 is 2.67 bits per heavy atom. The van der Waals surface area contributed by atoms with Gasteiger partial charge in [-0.2, -0.15) is 0 Å². The highest BCUT2D eigenvalue weighted by Gasteiger charge is 2.24. The maximum absolute atomic E-state index is 9.28. The first-order valence-electron chi connectivity index (χ1n) is 5.75. The van der Waals surface area contributed by atoms with E-state index in [1.807, 2.05) is 13.8 Å². The maximum Gasteiger partial charge on any atom is 0.0671 e. The van der Waals surface area contributed by atoms with E-state index in [1.165, 1.54) is 0 Å². The second-order valence-corrected chi connectivity index (χ2v) is 4.37. The molecule has 4 heteroatoms. The maximum atomic E-state index is 9.28. The van der Waals surface area contributed by atoms with Gasteiger partial charge in [-0.15, -0.1) is 0 Å². The summed E-state index contributed by atoms with van der Waals surface area (Å²) in [7, 11) is 0. The van der Waals surface area contributed by atoms with Gasteiger partial charge in [0, 0.05) is 13.2 Å². The van der Waals surface area contributed by atoms with Gasteiger partial charge in [0.05, 0.1) is 24.9 Å². The summed E-state index contributed by atoms with van der Waals surface area (Å²) in [6.45, 7) is 7.10. The van der Waals surface area contributed by atoms with Crippen molar-refractivity contribution in [2.24, 2.45) is 0 Å². The minimum absolute atomic E-state index is 0.101. The molecule has 90 valence electrons. The topological polar surface area (TPSA) is 50.7 Å². The molecule has 0 saturated carbocycles. The summed E-state index contributed by atoms with van der Waals surface area (Å²) in [5.41, 5.74) is -0.312. The molecule has 1 atom stereocenters. The highest BCUT2D eigenvalue weighted by molar-refractivity contribution is 4.82. The Kier molecular flexibility index (Phi) is 5.53. The summed E-state index contributed by atoms with van der Waals surface area (Å²) in [4.78, 5) is 0. The molecule has 1 rings (SSSR count). The lowest BCUT2D eigenvalue weighted by Gasteiger charge is -2.31. The normalized spacial score (nSPS) is 22.6. The SMILES string of the molecule is CCNC(C)(CO)COC1CCOCC1. The summed E-state index contributed by atoms with van der Waals surface area (Å²) in [6.07, 6.45) is 2.23. The standard InChI is InChI=1S/C11H23NO3/c1-3-12-11(2,8-13)9-15-10-4-6-14-7-5-10/h10,12-13H,3-9H2,1-2H3. The molecule has 0 aliphatic carbocycles. The van der Waals surface area contributed by atoms with E-state index in [1.54, 1.807) is 0 Å². The van der Waals surface area contributed by atoms with Crippen LogP contribution in [0.2, 0.25) is 0 Å². The van der Waals surface area contributed by atoms with Gasteiger partial charge in [0.15, 0.2) is 0 Å². The second-order valence-electron chi connectivity index (χ2n) is 4.37. The fourth-order valence-corrected chi connectivity index (χ4v) is 1.72.